The van der Waals surface area contributed by atoms with Crippen molar-refractivity contribution in [2.24, 2.45) is 0 Å². The highest BCUT2D eigenvalue weighted by Gasteiger charge is 2.16. The van der Waals surface area contributed by atoms with Crippen molar-refractivity contribution >= 4 is 33.4 Å². The van der Waals surface area contributed by atoms with E-state index in [2.05, 4.69) is 15.9 Å². The van der Waals surface area contributed by atoms with Crippen LogP contribution in [-0.2, 0) is 0 Å². The molecule has 1 aromatic carbocycles. The van der Waals surface area contributed by atoms with Crippen molar-refractivity contribution in [3.63, 3.8) is 0 Å². The van der Waals surface area contributed by atoms with E-state index in [4.69, 9.17) is 16.9 Å². The van der Waals surface area contributed by atoms with Gasteiger partial charge in [-0.05, 0) is 41.1 Å². The second-order valence-electron chi connectivity index (χ2n) is 3.42. The molecule has 17 heavy (non-hydrogen) atoms. The summed E-state index contributed by atoms with van der Waals surface area (Å²) in [4.78, 5) is 13.8. The van der Waals surface area contributed by atoms with Crippen LogP contribution >= 0.6 is 27.5 Å². The van der Waals surface area contributed by atoms with E-state index in [1.54, 1.807) is 23.1 Å². The third-order valence-electron chi connectivity index (χ3n) is 2.32. The monoisotopic (exact) mass is 314 g/mol. The molecule has 90 valence electrons. The Bertz CT molecular complexity index is 456. The largest absolute Gasteiger partial charge is 0.338 e. The van der Waals surface area contributed by atoms with Crippen molar-refractivity contribution in [1.29, 1.82) is 5.26 Å². The minimum atomic E-state index is -0.114. The molecule has 0 aromatic heterocycles. The smallest absolute Gasteiger partial charge is 0.255 e. The molecule has 0 bridgehead atoms. The first-order valence-electron chi connectivity index (χ1n) is 5.21. The van der Waals surface area contributed by atoms with Gasteiger partial charge in [0.25, 0.3) is 5.91 Å². The van der Waals surface area contributed by atoms with Crippen LogP contribution in [0.2, 0.25) is 5.02 Å². The van der Waals surface area contributed by atoms with Crippen LogP contribution < -0.4 is 0 Å². The summed E-state index contributed by atoms with van der Waals surface area (Å²) in [5, 5.41) is 9.06. The summed E-state index contributed by atoms with van der Waals surface area (Å²) < 4.78 is 0.710. The number of hydrogen-bond donors (Lipinski definition) is 0. The molecule has 0 unspecified atom stereocenters. The summed E-state index contributed by atoms with van der Waals surface area (Å²) in [5.74, 6) is -0.114. The number of nitriles is 1. The standard InChI is InChI=1S/C12H12BrClN2O/c1-2-16(7-3-6-15)12(17)10-8-9(14)4-5-11(10)13/h4-5,8H,2-3,7H2,1H3. The van der Waals surface area contributed by atoms with Crippen LogP contribution in [0.3, 0.4) is 0 Å². The SMILES string of the molecule is CCN(CCC#N)C(=O)c1cc(Cl)ccc1Br. The molecule has 0 heterocycles. The fourth-order valence-electron chi connectivity index (χ4n) is 1.42. The fraction of sp³-hybridized carbons (Fsp3) is 0.333. The molecular weight excluding hydrogens is 304 g/mol. The van der Waals surface area contributed by atoms with E-state index in [1.165, 1.54) is 0 Å². The lowest BCUT2D eigenvalue weighted by atomic mass is 10.2. The average molecular weight is 316 g/mol. The first-order valence-corrected chi connectivity index (χ1v) is 6.38. The normalized spacial score (nSPS) is 9.76. The maximum absolute atomic E-state index is 12.2. The molecule has 0 saturated carbocycles. The van der Waals surface area contributed by atoms with Gasteiger partial charge in [-0.3, -0.25) is 4.79 Å². The molecule has 0 aliphatic rings. The molecule has 0 fully saturated rings. The molecule has 5 heteroatoms. The highest BCUT2D eigenvalue weighted by molar-refractivity contribution is 9.10. The first-order chi connectivity index (χ1) is 8.10. The van der Waals surface area contributed by atoms with Gasteiger partial charge in [0.1, 0.15) is 0 Å². The molecule has 0 aliphatic carbocycles. The molecule has 0 aliphatic heterocycles. The zero-order chi connectivity index (χ0) is 12.8. The number of carbonyl (C=O) groups is 1. The molecule has 3 nitrogen and oxygen atoms in total. The summed E-state index contributed by atoms with van der Waals surface area (Å²) in [6.07, 6.45) is 0.331. The van der Waals surface area contributed by atoms with Crippen LogP contribution in [-0.4, -0.2) is 23.9 Å². The Morgan fingerprint density at radius 3 is 2.88 bits per heavy atom. The number of halogens is 2. The molecule has 0 saturated heterocycles. The van der Waals surface area contributed by atoms with Gasteiger partial charge in [-0.1, -0.05) is 11.6 Å². The predicted molar refractivity (Wildman–Crippen MR) is 71.0 cm³/mol. The van der Waals surface area contributed by atoms with E-state index in [0.717, 1.165) is 0 Å². The zero-order valence-electron chi connectivity index (χ0n) is 9.41. The maximum Gasteiger partial charge on any atom is 0.255 e. The molecule has 0 atom stereocenters. The first kappa shape index (κ1) is 14.0. The molecular formula is C12H12BrClN2O. The number of benzene rings is 1. The Morgan fingerprint density at radius 2 is 2.29 bits per heavy atom. The summed E-state index contributed by atoms with van der Waals surface area (Å²) in [6, 6.07) is 7.12. The molecule has 1 rings (SSSR count). The molecule has 0 radical (unpaired) electrons. The topological polar surface area (TPSA) is 44.1 Å². The quantitative estimate of drug-likeness (QED) is 0.854. The van der Waals surface area contributed by atoms with Crippen LogP contribution in [0.5, 0.6) is 0 Å². The Kier molecular flexibility index (Phi) is 5.46. The van der Waals surface area contributed by atoms with Crippen LogP contribution in [0.15, 0.2) is 22.7 Å². The highest BCUT2D eigenvalue weighted by Crippen LogP contribution is 2.22. The second-order valence-corrected chi connectivity index (χ2v) is 4.71. The highest BCUT2D eigenvalue weighted by atomic mass is 79.9. The van der Waals surface area contributed by atoms with Gasteiger partial charge in [0.15, 0.2) is 0 Å². The maximum atomic E-state index is 12.2. The van der Waals surface area contributed by atoms with Gasteiger partial charge in [0.2, 0.25) is 0 Å². The van der Waals surface area contributed by atoms with Gasteiger partial charge in [0.05, 0.1) is 18.1 Å². The van der Waals surface area contributed by atoms with Crippen molar-refractivity contribution in [2.75, 3.05) is 13.1 Å². The number of amides is 1. The molecule has 0 spiro atoms. The summed E-state index contributed by atoms with van der Waals surface area (Å²) in [7, 11) is 0. The molecule has 1 amide bonds. The van der Waals surface area contributed by atoms with Crippen LogP contribution in [0.25, 0.3) is 0 Å². The van der Waals surface area contributed by atoms with Crippen LogP contribution in [0.4, 0.5) is 0 Å². The minimum Gasteiger partial charge on any atom is -0.338 e. The third-order valence-corrected chi connectivity index (χ3v) is 3.25. The van der Waals surface area contributed by atoms with E-state index in [9.17, 15) is 4.79 Å². The van der Waals surface area contributed by atoms with E-state index in [-0.39, 0.29) is 5.91 Å². The van der Waals surface area contributed by atoms with E-state index >= 15 is 0 Å². The lowest BCUT2D eigenvalue weighted by Gasteiger charge is -2.20. The zero-order valence-corrected chi connectivity index (χ0v) is 11.8. The number of nitrogens with zero attached hydrogens (tertiary/aromatic N) is 2. The van der Waals surface area contributed by atoms with E-state index in [1.807, 2.05) is 13.0 Å². The number of rotatable bonds is 4. The van der Waals surface area contributed by atoms with Crippen molar-refractivity contribution in [3.8, 4) is 6.07 Å². The summed E-state index contributed by atoms with van der Waals surface area (Å²) >= 11 is 9.19. The Hall–Kier alpha value is -1.05. The number of carbonyl (C=O) groups excluding carboxylic acids is 1. The van der Waals surface area contributed by atoms with Crippen LogP contribution in [0.1, 0.15) is 23.7 Å². The van der Waals surface area contributed by atoms with Crippen molar-refractivity contribution in [3.05, 3.63) is 33.3 Å². The lowest BCUT2D eigenvalue weighted by molar-refractivity contribution is 0.0767. The molecule has 0 N–H and O–H groups in total. The Labute approximate surface area is 114 Å². The van der Waals surface area contributed by atoms with Gasteiger partial charge in [-0.25, -0.2) is 0 Å². The predicted octanol–water partition coefficient (Wildman–Crippen LogP) is 3.48. The fourth-order valence-corrected chi connectivity index (χ4v) is 2.01. The van der Waals surface area contributed by atoms with Gasteiger partial charge >= 0.3 is 0 Å². The second kappa shape index (κ2) is 6.63. The van der Waals surface area contributed by atoms with Gasteiger partial charge in [-0.2, -0.15) is 5.26 Å². The Morgan fingerprint density at radius 1 is 1.59 bits per heavy atom. The third kappa shape index (κ3) is 3.72. The van der Waals surface area contributed by atoms with Gasteiger partial charge in [0, 0.05) is 22.6 Å². The van der Waals surface area contributed by atoms with Crippen LogP contribution in [0, 0.1) is 11.3 Å². The van der Waals surface area contributed by atoms with E-state index < -0.39 is 0 Å². The van der Waals surface area contributed by atoms with Gasteiger partial charge in [-0.15, -0.1) is 0 Å². The van der Waals surface area contributed by atoms with Crippen molar-refractivity contribution in [1.82, 2.24) is 4.90 Å². The summed E-state index contributed by atoms with van der Waals surface area (Å²) in [6.45, 7) is 2.89. The minimum absolute atomic E-state index is 0.114. The van der Waals surface area contributed by atoms with Crippen molar-refractivity contribution in [2.45, 2.75) is 13.3 Å². The lowest BCUT2D eigenvalue weighted by Crippen LogP contribution is -2.31. The molecule has 1 aromatic rings. The summed E-state index contributed by atoms with van der Waals surface area (Å²) in [5.41, 5.74) is 0.525. The van der Waals surface area contributed by atoms with Crippen molar-refractivity contribution < 1.29 is 4.79 Å². The van der Waals surface area contributed by atoms with Gasteiger partial charge < -0.3 is 4.90 Å². The Balaban J connectivity index is 2.94. The number of hydrogen-bond acceptors (Lipinski definition) is 2. The average Bonchev–Trinajstić information content (AvgIpc) is 2.33. The van der Waals surface area contributed by atoms with E-state index in [0.29, 0.717) is 34.6 Å².